The van der Waals surface area contributed by atoms with Crippen LogP contribution in [0.2, 0.25) is 0 Å². The Hall–Kier alpha value is -1.51. The normalized spacial score (nSPS) is 9.86. The molecule has 114 valence electrons. The lowest BCUT2D eigenvalue weighted by molar-refractivity contribution is 0.0953. The van der Waals surface area contributed by atoms with Gasteiger partial charge in [0.05, 0.1) is 12.2 Å². The van der Waals surface area contributed by atoms with Crippen molar-refractivity contribution in [3.8, 4) is 11.8 Å². The SMILES string of the molecule is CSCCCCNC(=O)c1ccc(F)cc1C#CCCO. The molecular formula is C16H20FNO2S. The van der Waals surface area contributed by atoms with E-state index in [1.807, 2.05) is 0 Å². The van der Waals surface area contributed by atoms with E-state index in [4.69, 9.17) is 5.11 Å². The Bertz CT molecular complexity index is 523. The Kier molecular flexibility index (Phi) is 8.56. The number of thioether (sulfide) groups is 1. The van der Waals surface area contributed by atoms with Gasteiger partial charge in [-0.2, -0.15) is 11.8 Å². The number of halogens is 1. The van der Waals surface area contributed by atoms with E-state index < -0.39 is 5.82 Å². The van der Waals surface area contributed by atoms with Gasteiger partial charge < -0.3 is 10.4 Å². The third kappa shape index (κ3) is 6.65. The Balaban J connectivity index is 2.68. The molecule has 1 amide bonds. The minimum atomic E-state index is -0.431. The van der Waals surface area contributed by atoms with Crippen LogP contribution in [-0.2, 0) is 0 Å². The zero-order chi connectivity index (χ0) is 15.5. The molecule has 21 heavy (non-hydrogen) atoms. The first-order valence-electron chi connectivity index (χ1n) is 6.85. The van der Waals surface area contributed by atoms with Crippen LogP contribution >= 0.6 is 11.8 Å². The van der Waals surface area contributed by atoms with Gasteiger partial charge in [-0.1, -0.05) is 11.8 Å². The van der Waals surface area contributed by atoms with Crippen LogP contribution in [0.25, 0.3) is 0 Å². The average molecular weight is 309 g/mol. The van der Waals surface area contributed by atoms with Crippen molar-refractivity contribution < 1.29 is 14.3 Å². The fraction of sp³-hybridized carbons (Fsp3) is 0.438. The molecule has 2 N–H and O–H groups in total. The second-order valence-electron chi connectivity index (χ2n) is 4.42. The summed E-state index contributed by atoms with van der Waals surface area (Å²) in [6, 6.07) is 3.93. The van der Waals surface area contributed by atoms with E-state index in [2.05, 4.69) is 23.4 Å². The van der Waals surface area contributed by atoms with Crippen LogP contribution in [0.4, 0.5) is 4.39 Å². The van der Waals surface area contributed by atoms with E-state index in [0.29, 0.717) is 24.1 Å². The van der Waals surface area contributed by atoms with E-state index in [1.165, 1.54) is 18.2 Å². The van der Waals surface area contributed by atoms with Gasteiger partial charge >= 0.3 is 0 Å². The first-order valence-corrected chi connectivity index (χ1v) is 8.25. The molecule has 0 spiro atoms. The second-order valence-corrected chi connectivity index (χ2v) is 5.41. The molecule has 0 aliphatic heterocycles. The number of carbonyl (C=O) groups excluding carboxylic acids is 1. The molecule has 1 aromatic rings. The lowest BCUT2D eigenvalue weighted by atomic mass is 10.1. The molecule has 5 heteroatoms. The van der Waals surface area contributed by atoms with Crippen molar-refractivity contribution in [2.45, 2.75) is 19.3 Å². The highest BCUT2D eigenvalue weighted by molar-refractivity contribution is 7.98. The predicted molar refractivity (Wildman–Crippen MR) is 84.9 cm³/mol. The Morgan fingerprint density at radius 3 is 2.95 bits per heavy atom. The van der Waals surface area contributed by atoms with Crippen LogP contribution in [0.3, 0.4) is 0 Å². The van der Waals surface area contributed by atoms with Crippen molar-refractivity contribution in [1.82, 2.24) is 5.32 Å². The summed E-state index contributed by atoms with van der Waals surface area (Å²) in [7, 11) is 0. The molecule has 0 radical (unpaired) electrons. The summed E-state index contributed by atoms with van der Waals surface area (Å²) in [6.07, 6.45) is 4.31. The zero-order valence-corrected chi connectivity index (χ0v) is 12.9. The number of amides is 1. The predicted octanol–water partition coefficient (Wildman–Crippen LogP) is 2.43. The molecule has 0 fully saturated rings. The number of carbonyl (C=O) groups is 1. The molecule has 0 heterocycles. The fourth-order valence-corrected chi connectivity index (χ4v) is 2.19. The lowest BCUT2D eigenvalue weighted by Crippen LogP contribution is -2.25. The third-order valence-electron chi connectivity index (χ3n) is 2.75. The summed E-state index contributed by atoms with van der Waals surface area (Å²) in [4.78, 5) is 12.1. The number of aliphatic hydroxyl groups is 1. The van der Waals surface area contributed by atoms with Crippen molar-refractivity contribution >= 4 is 17.7 Å². The summed E-state index contributed by atoms with van der Waals surface area (Å²) in [5, 5.41) is 11.5. The lowest BCUT2D eigenvalue weighted by Gasteiger charge is -2.07. The van der Waals surface area contributed by atoms with Crippen LogP contribution < -0.4 is 5.32 Å². The molecule has 0 aliphatic rings. The van der Waals surface area contributed by atoms with Crippen molar-refractivity contribution in [2.75, 3.05) is 25.2 Å². The van der Waals surface area contributed by atoms with Gasteiger partial charge in [-0.25, -0.2) is 4.39 Å². The van der Waals surface area contributed by atoms with Crippen LogP contribution in [0.1, 0.15) is 35.2 Å². The zero-order valence-electron chi connectivity index (χ0n) is 12.1. The van der Waals surface area contributed by atoms with Crippen LogP contribution in [0, 0.1) is 17.7 Å². The summed E-state index contributed by atoms with van der Waals surface area (Å²) < 4.78 is 13.3. The van der Waals surface area contributed by atoms with E-state index in [1.54, 1.807) is 11.8 Å². The van der Waals surface area contributed by atoms with Gasteiger partial charge in [0.25, 0.3) is 5.91 Å². The van der Waals surface area contributed by atoms with Crippen molar-refractivity contribution in [3.63, 3.8) is 0 Å². The highest BCUT2D eigenvalue weighted by atomic mass is 32.2. The first kappa shape index (κ1) is 17.5. The van der Waals surface area contributed by atoms with Crippen molar-refractivity contribution in [3.05, 3.63) is 35.1 Å². The first-order chi connectivity index (χ1) is 10.2. The maximum Gasteiger partial charge on any atom is 0.252 e. The van der Waals surface area contributed by atoms with Gasteiger partial charge in [-0.15, -0.1) is 0 Å². The minimum Gasteiger partial charge on any atom is -0.395 e. The van der Waals surface area contributed by atoms with Crippen LogP contribution in [-0.4, -0.2) is 36.2 Å². The molecule has 0 unspecified atom stereocenters. The number of hydrogen-bond acceptors (Lipinski definition) is 3. The van der Waals surface area contributed by atoms with Gasteiger partial charge in [0.1, 0.15) is 5.82 Å². The number of rotatable bonds is 7. The van der Waals surface area contributed by atoms with Crippen LogP contribution in [0.5, 0.6) is 0 Å². The number of unbranched alkanes of at least 4 members (excludes halogenated alkanes) is 1. The van der Waals surface area contributed by atoms with Gasteiger partial charge in [-0.3, -0.25) is 4.79 Å². The standard InChI is InChI=1S/C16H20FNO2S/c1-21-11-5-3-9-18-16(20)15-8-7-14(17)12-13(15)6-2-4-10-19/h7-8,12,19H,3-5,9-11H2,1H3,(H,18,20). The minimum absolute atomic E-state index is 0.0563. The molecule has 0 saturated carbocycles. The van der Waals surface area contributed by atoms with E-state index in [-0.39, 0.29) is 12.5 Å². The highest BCUT2D eigenvalue weighted by Gasteiger charge is 2.10. The average Bonchev–Trinajstić information content (AvgIpc) is 2.47. The molecule has 1 aromatic carbocycles. The molecule has 1 rings (SSSR count). The topological polar surface area (TPSA) is 49.3 Å². The van der Waals surface area contributed by atoms with Crippen LogP contribution in [0.15, 0.2) is 18.2 Å². The number of aliphatic hydroxyl groups excluding tert-OH is 1. The maximum atomic E-state index is 13.3. The molecule has 0 aliphatic carbocycles. The molecule has 0 bridgehead atoms. The van der Waals surface area contributed by atoms with E-state index in [0.717, 1.165) is 18.6 Å². The summed E-state index contributed by atoms with van der Waals surface area (Å²) >= 11 is 1.78. The monoisotopic (exact) mass is 309 g/mol. The number of nitrogens with one attached hydrogen (secondary N) is 1. The van der Waals surface area contributed by atoms with Crippen molar-refractivity contribution in [1.29, 1.82) is 0 Å². The van der Waals surface area contributed by atoms with Gasteiger partial charge in [-0.05, 0) is 43.0 Å². The largest absolute Gasteiger partial charge is 0.395 e. The Morgan fingerprint density at radius 1 is 1.43 bits per heavy atom. The van der Waals surface area contributed by atoms with Gasteiger partial charge in [0.15, 0.2) is 0 Å². The van der Waals surface area contributed by atoms with Gasteiger partial charge in [0.2, 0.25) is 0 Å². The maximum absolute atomic E-state index is 13.3. The molecule has 3 nitrogen and oxygen atoms in total. The van der Waals surface area contributed by atoms with Gasteiger partial charge in [0, 0.05) is 18.5 Å². The molecular weight excluding hydrogens is 289 g/mol. The number of benzene rings is 1. The molecule has 0 saturated heterocycles. The quantitative estimate of drug-likeness (QED) is 0.601. The summed E-state index contributed by atoms with van der Waals surface area (Å²) in [5.74, 6) is 5.84. The van der Waals surface area contributed by atoms with Crippen molar-refractivity contribution in [2.24, 2.45) is 0 Å². The summed E-state index contributed by atoms with van der Waals surface area (Å²) in [6.45, 7) is 0.541. The number of hydrogen-bond donors (Lipinski definition) is 2. The Morgan fingerprint density at radius 2 is 2.24 bits per heavy atom. The highest BCUT2D eigenvalue weighted by Crippen LogP contribution is 2.10. The Labute approximate surface area is 129 Å². The fourth-order valence-electron chi connectivity index (χ4n) is 1.70. The van der Waals surface area contributed by atoms with E-state index in [9.17, 15) is 9.18 Å². The third-order valence-corrected chi connectivity index (χ3v) is 3.44. The molecule has 0 aromatic heterocycles. The molecule has 0 atom stereocenters. The second kappa shape index (κ2) is 10.3. The smallest absolute Gasteiger partial charge is 0.252 e. The van der Waals surface area contributed by atoms with E-state index >= 15 is 0 Å². The summed E-state index contributed by atoms with van der Waals surface area (Å²) in [5.41, 5.74) is 0.719.